The summed E-state index contributed by atoms with van der Waals surface area (Å²) >= 11 is 11.8. The van der Waals surface area contributed by atoms with Gasteiger partial charge in [0.2, 0.25) is 0 Å². The zero-order chi connectivity index (χ0) is 14.9. The maximum Gasteiger partial charge on any atom is 0.263 e. The minimum atomic E-state index is -3.78. The molecule has 2 aromatic rings. The number of hydrogen-bond acceptors (Lipinski definition) is 2. The number of aryl methyl sites for hydroxylation is 2. The molecule has 0 aliphatic rings. The molecule has 0 bridgehead atoms. The summed E-state index contributed by atoms with van der Waals surface area (Å²) in [5, 5.41) is 0.449. The predicted octanol–water partition coefficient (Wildman–Crippen LogP) is 4.41. The van der Waals surface area contributed by atoms with Crippen LogP contribution in [0.1, 0.15) is 11.1 Å². The van der Waals surface area contributed by atoms with Crippen molar-refractivity contribution in [3.63, 3.8) is 0 Å². The second kappa shape index (κ2) is 5.64. The molecule has 0 heterocycles. The minimum Gasteiger partial charge on any atom is -0.279 e. The number of hydrogen-bond donors (Lipinski definition) is 1. The van der Waals surface area contributed by atoms with E-state index in [1.54, 1.807) is 6.07 Å². The summed E-state index contributed by atoms with van der Waals surface area (Å²) in [4.78, 5) is -0.0330. The quantitative estimate of drug-likeness (QED) is 0.906. The molecule has 6 heteroatoms. The van der Waals surface area contributed by atoms with Crippen LogP contribution in [0.15, 0.2) is 41.3 Å². The molecule has 3 nitrogen and oxygen atoms in total. The maximum atomic E-state index is 12.4. The van der Waals surface area contributed by atoms with Crippen molar-refractivity contribution in [3.8, 4) is 0 Å². The van der Waals surface area contributed by atoms with Gasteiger partial charge in [-0.25, -0.2) is 8.42 Å². The first-order valence-electron chi connectivity index (χ1n) is 5.85. The summed E-state index contributed by atoms with van der Waals surface area (Å²) in [6, 6.07) is 9.88. The van der Waals surface area contributed by atoms with E-state index in [1.165, 1.54) is 12.1 Å². The number of halogens is 2. The Kier molecular flexibility index (Phi) is 4.28. The summed E-state index contributed by atoms with van der Waals surface area (Å²) < 4.78 is 27.4. The van der Waals surface area contributed by atoms with E-state index in [1.807, 2.05) is 32.0 Å². The highest BCUT2D eigenvalue weighted by molar-refractivity contribution is 7.92. The number of para-hydroxylation sites is 1. The van der Waals surface area contributed by atoms with Gasteiger partial charge in [0.15, 0.2) is 0 Å². The molecule has 0 spiro atoms. The van der Waals surface area contributed by atoms with E-state index >= 15 is 0 Å². The average Bonchev–Trinajstić information content (AvgIpc) is 2.37. The Labute approximate surface area is 128 Å². The van der Waals surface area contributed by atoms with Crippen molar-refractivity contribution in [2.24, 2.45) is 0 Å². The van der Waals surface area contributed by atoms with Gasteiger partial charge in [-0.3, -0.25) is 4.72 Å². The lowest BCUT2D eigenvalue weighted by Gasteiger charge is -2.14. The molecular weight excluding hydrogens is 317 g/mol. The molecule has 20 heavy (non-hydrogen) atoms. The van der Waals surface area contributed by atoms with Crippen molar-refractivity contribution in [1.82, 2.24) is 0 Å². The summed E-state index contributed by atoms with van der Waals surface area (Å²) in [5.41, 5.74) is 2.24. The molecule has 2 aromatic carbocycles. The first kappa shape index (κ1) is 15.2. The number of nitrogens with one attached hydrogen (secondary N) is 1. The van der Waals surface area contributed by atoms with Gasteiger partial charge in [-0.1, -0.05) is 41.4 Å². The van der Waals surface area contributed by atoms with E-state index in [9.17, 15) is 8.42 Å². The van der Waals surface area contributed by atoms with E-state index in [0.29, 0.717) is 10.7 Å². The minimum absolute atomic E-state index is 0.0330. The van der Waals surface area contributed by atoms with Crippen molar-refractivity contribution in [2.45, 2.75) is 18.7 Å². The van der Waals surface area contributed by atoms with Gasteiger partial charge in [0.1, 0.15) is 4.90 Å². The van der Waals surface area contributed by atoms with Crippen LogP contribution < -0.4 is 4.72 Å². The van der Waals surface area contributed by atoms with E-state index in [2.05, 4.69) is 4.72 Å². The first-order valence-corrected chi connectivity index (χ1v) is 8.09. The molecule has 0 aromatic heterocycles. The molecule has 0 amide bonds. The van der Waals surface area contributed by atoms with Crippen molar-refractivity contribution in [3.05, 3.63) is 57.6 Å². The van der Waals surface area contributed by atoms with Crippen LogP contribution in [-0.4, -0.2) is 8.42 Å². The van der Waals surface area contributed by atoms with Gasteiger partial charge in [0, 0.05) is 5.02 Å². The fourth-order valence-electron chi connectivity index (χ4n) is 1.85. The van der Waals surface area contributed by atoms with Gasteiger partial charge in [-0.15, -0.1) is 0 Å². The first-order chi connectivity index (χ1) is 9.31. The third-order valence-corrected chi connectivity index (χ3v) is 4.97. The normalized spacial score (nSPS) is 11.4. The molecule has 0 radical (unpaired) electrons. The van der Waals surface area contributed by atoms with Crippen LogP contribution in [0.4, 0.5) is 5.69 Å². The predicted molar refractivity (Wildman–Crippen MR) is 83.2 cm³/mol. The van der Waals surface area contributed by atoms with Gasteiger partial charge >= 0.3 is 0 Å². The molecule has 0 unspecified atom stereocenters. The van der Waals surface area contributed by atoms with Crippen molar-refractivity contribution >= 4 is 38.9 Å². The smallest absolute Gasteiger partial charge is 0.263 e. The van der Waals surface area contributed by atoms with E-state index < -0.39 is 10.0 Å². The zero-order valence-electron chi connectivity index (χ0n) is 10.9. The molecule has 0 aliphatic carbocycles. The van der Waals surface area contributed by atoms with Gasteiger partial charge in [-0.2, -0.15) is 0 Å². The Hall–Kier alpha value is -1.23. The van der Waals surface area contributed by atoms with Crippen LogP contribution in [0, 0.1) is 13.8 Å². The number of anilines is 1. The van der Waals surface area contributed by atoms with Crippen LogP contribution in [0.25, 0.3) is 0 Å². The molecule has 106 valence electrons. The van der Waals surface area contributed by atoms with Crippen molar-refractivity contribution < 1.29 is 8.42 Å². The fraction of sp³-hybridized carbons (Fsp3) is 0.143. The van der Waals surface area contributed by atoms with E-state index in [-0.39, 0.29) is 9.92 Å². The van der Waals surface area contributed by atoms with Crippen LogP contribution in [-0.2, 0) is 10.0 Å². The molecule has 2 rings (SSSR count). The molecule has 1 N–H and O–H groups in total. The summed E-state index contributed by atoms with van der Waals surface area (Å²) in [7, 11) is -3.78. The van der Waals surface area contributed by atoms with Crippen LogP contribution in [0.2, 0.25) is 10.0 Å². The monoisotopic (exact) mass is 329 g/mol. The second-order valence-corrected chi connectivity index (χ2v) is 6.94. The maximum absolute atomic E-state index is 12.4. The highest BCUT2D eigenvalue weighted by atomic mass is 35.5. The van der Waals surface area contributed by atoms with Gasteiger partial charge < -0.3 is 0 Å². The number of benzene rings is 2. The largest absolute Gasteiger partial charge is 0.279 e. The molecule has 0 saturated heterocycles. The lowest BCUT2D eigenvalue weighted by atomic mass is 10.1. The summed E-state index contributed by atoms with van der Waals surface area (Å²) in [6.07, 6.45) is 0. The highest BCUT2D eigenvalue weighted by Gasteiger charge is 2.20. The molecule has 0 atom stereocenters. The molecule has 0 saturated carbocycles. The van der Waals surface area contributed by atoms with Crippen LogP contribution in [0.5, 0.6) is 0 Å². The Morgan fingerprint density at radius 3 is 2.20 bits per heavy atom. The highest BCUT2D eigenvalue weighted by Crippen LogP contribution is 2.28. The molecule has 0 aliphatic heterocycles. The van der Waals surface area contributed by atoms with E-state index in [4.69, 9.17) is 23.2 Å². The SMILES string of the molecule is Cc1cccc(C)c1NS(=O)(=O)c1cc(Cl)ccc1Cl. The summed E-state index contributed by atoms with van der Waals surface area (Å²) in [6.45, 7) is 3.68. The summed E-state index contributed by atoms with van der Waals surface area (Å²) in [5.74, 6) is 0. The number of sulfonamides is 1. The number of rotatable bonds is 3. The third kappa shape index (κ3) is 3.08. The van der Waals surface area contributed by atoms with Crippen LogP contribution in [0.3, 0.4) is 0 Å². The Balaban J connectivity index is 2.49. The zero-order valence-corrected chi connectivity index (χ0v) is 13.3. The molecular formula is C14H13Cl2NO2S. The third-order valence-electron chi connectivity index (χ3n) is 2.90. The van der Waals surface area contributed by atoms with Gasteiger partial charge in [0.25, 0.3) is 10.0 Å². The average molecular weight is 330 g/mol. The van der Waals surface area contributed by atoms with Gasteiger partial charge in [0.05, 0.1) is 10.7 Å². The topological polar surface area (TPSA) is 46.2 Å². The second-order valence-electron chi connectivity index (χ2n) is 4.45. The van der Waals surface area contributed by atoms with Crippen molar-refractivity contribution in [2.75, 3.05) is 4.72 Å². The Morgan fingerprint density at radius 1 is 1.00 bits per heavy atom. The van der Waals surface area contributed by atoms with Crippen LogP contribution >= 0.6 is 23.2 Å². The van der Waals surface area contributed by atoms with Gasteiger partial charge in [-0.05, 0) is 43.2 Å². The molecule has 0 fully saturated rings. The Morgan fingerprint density at radius 2 is 1.60 bits per heavy atom. The lowest BCUT2D eigenvalue weighted by molar-refractivity contribution is 0.601. The van der Waals surface area contributed by atoms with Crippen molar-refractivity contribution in [1.29, 1.82) is 0 Å². The standard InChI is InChI=1S/C14H13Cl2NO2S/c1-9-4-3-5-10(2)14(9)17-20(18,19)13-8-11(15)6-7-12(13)16/h3-8,17H,1-2H3. The lowest BCUT2D eigenvalue weighted by Crippen LogP contribution is -2.15. The fourth-order valence-corrected chi connectivity index (χ4v) is 3.81. The Bertz CT molecular complexity index is 738. The van der Waals surface area contributed by atoms with E-state index in [0.717, 1.165) is 11.1 Å².